The van der Waals surface area contributed by atoms with E-state index in [2.05, 4.69) is 10.4 Å². The number of amides is 2. The molecule has 2 aliphatic rings. The van der Waals surface area contributed by atoms with Crippen LogP contribution < -0.4 is 5.32 Å². The molecule has 6 heteroatoms. The van der Waals surface area contributed by atoms with Crippen LogP contribution in [-0.4, -0.2) is 39.1 Å². The normalized spacial score (nSPS) is 25.7. The van der Waals surface area contributed by atoms with Gasteiger partial charge in [0.25, 0.3) is 0 Å². The molecule has 130 valence electrons. The van der Waals surface area contributed by atoms with Gasteiger partial charge in [0.1, 0.15) is 0 Å². The van der Waals surface area contributed by atoms with Crippen LogP contribution in [0.3, 0.4) is 0 Å². The van der Waals surface area contributed by atoms with Crippen LogP contribution in [-0.2, 0) is 16.1 Å². The van der Waals surface area contributed by atoms with Gasteiger partial charge in [-0.1, -0.05) is 30.3 Å². The van der Waals surface area contributed by atoms with Gasteiger partial charge in [0, 0.05) is 37.9 Å². The van der Waals surface area contributed by atoms with E-state index in [1.807, 2.05) is 47.3 Å². The number of carbonyl (C=O) groups excluding carboxylic acids is 2. The Morgan fingerprint density at radius 2 is 2.00 bits per heavy atom. The predicted octanol–water partition coefficient (Wildman–Crippen LogP) is 1.75. The molecule has 0 radical (unpaired) electrons. The van der Waals surface area contributed by atoms with Crippen LogP contribution in [0.2, 0.25) is 0 Å². The minimum absolute atomic E-state index is 0.00725. The number of rotatable bonds is 5. The van der Waals surface area contributed by atoms with Gasteiger partial charge in [0.2, 0.25) is 11.8 Å². The molecule has 25 heavy (non-hydrogen) atoms. The van der Waals surface area contributed by atoms with E-state index in [1.54, 1.807) is 11.1 Å². The lowest BCUT2D eigenvalue weighted by Crippen LogP contribution is -2.47. The summed E-state index contributed by atoms with van der Waals surface area (Å²) in [7, 11) is 0. The van der Waals surface area contributed by atoms with Crippen molar-refractivity contribution in [1.29, 1.82) is 0 Å². The Labute approximate surface area is 146 Å². The first-order valence-corrected chi connectivity index (χ1v) is 8.80. The number of carbonyl (C=O) groups is 2. The Hall–Kier alpha value is -2.63. The molecule has 0 spiro atoms. The summed E-state index contributed by atoms with van der Waals surface area (Å²) in [5.41, 5.74) is 1.10. The molecule has 4 rings (SSSR count). The highest BCUT2D eigenvalue weighted by Gasteiger charge is 2.37. The summed E-state index contributed by atoms with van der Waals surface area (Å²) in [6.07, 6.45) is 5.86. The fourth-order valence-corrected chi connectivity index (χ4v) is 3.64. The Balaban J connectivity index is 1.27. The van der Waals surface area contributed by atoms with E-state index < -0.39 is 0 Å². The quantitative estimate of drug-likeness (QED) is 0.903. The first-order valence-electron chi connectivity index (χ1n) is 8.80. The van der Waals surface area contributed by atoms with Crippen LogP contribution >= 0.6 is 0 Å². The molecule has 1 aromatic heterocycles. The van der Waals surface area contributed by atoms with Gasteiger partial charge in [-0.05, 0) is 24.5 Å². The number of hydrogen-bond donors (Lipinski definition) is 1. The van der Waals surface area contributed by atoms with E-state index in [0.717, 1.165) is 18.4 Å². The lowest BCUT2D eigenvalue weighted by atomic mass is 9.86. The van der Waals surface area contributed by atoms with Crippen molar-refractivity contribution in [3.63, 3.8) is 0 Å². The predicted molar refractivity (Wildman–Crippen MR) is 92.4 cm³/mol. The van der Waals surface area contributed by atoms with E-state index in [4.69, 9.17) is 0 Å². The summed E-state index contributed by atoms with van der Waals surface area (Å²) in [4.78, 5) is 26.5. The molecule has 1 saturated carbocycles. The summed E-state index contributed by atoms with van der Waals surface area (Å²) in [5, 5.41) is 7.34. The molecule has 6 nitrogen and oxygen atoms in total. The number of benzene rings is 1. The SMILES string of the molecule is O=C(NC1CC(n2cccn2)C1)C1CC(=O)N(Cc2ccccc2)C1. The molecule has 1 unspecified atom stereocenters. The maximum Gasteiger partial charge on any atom is 0.225 e. The minimum atomic E-state index is -0.236. The standard InChI is InChI=1S/C19H22N4O2/c24-18-9-15(13-22(18)12-14-5-2-1-3-6-14)19(25)21-16-10-17(11-16)23-8-4-7-20-23/h1-8,15-17H,9-13H2,(H,21,25). The van der Waals surface area contributed by atoms with Gasteiger partial charge in [-0.2, -0.15) is 5.10 Å². The zero-order valence-corrected chi connectivity index (χ0v) is 14.0. The first kappa shape index (κ1) is 15.9. The zero-order valence-electron chi connectivity index (χ0n) is 14.0. The maximum absolute atomic E-state index is 12.5. The highest BCUT2D eigenvalue weighted by molar-refractivity contribution is 5.89. The van der Waals surface area contributed by atoms with Gasteiger partial charge >= 0.3 is 0 Å². The van der Waals surface area contributed by atoms with Crippen molar-refractivity contribution in [3.05, 3.63) is 54.4 Å². The van der Waals surface area contributed by atoms with Gasteiger partial charge < -0.3 is 10.2 Å². The molecule has 2 heterocycles. The van der Waals surface area contributed by atoms with Crippen LogP contribution in [0.4, 0.5) is 0 Å². The van der Waals surface area contributed by atoms with Crippen molar-refractivity contribution < 1.29 is 9.59 Å². The summed E-state index contributed by atoms with van der Waals surface area (Å²) < 4.78 is 1.95. The highest BCUT2D eigenvalue weighted by atomic mass is 16.2. The van der Waals surface area contributed by atoms with Gasteiger partial charge in [0.15, 0.2) is 0 Å². The second-order valence-corrected chi connectivity index (χ2v) is 6.98. The van der Waals surface area contributed by atoms with Gasteiger partial charge in [-0.15, -0.1) is 0 Å². The Kier molecular flexibility index (Phi) is 4.26. The highest BCUT2D eigenvalue weighted by Crippen LogP contribution is 2.32. The number of likely N-dealkylation sites (tertiary alicyclic amines) is 1. The van der Waals surface area contributed by atoms with Crippen molar-refractivity contribution in [3.8, 4) is 0 Å². The third-order valence-corrected chi connectivity index (χ3v) is 5.16. The van der Waals surface area contributed by atoms with Crippen LogP contribution in [0.1, 0.15) is 30.9 Å². The van der Waals surface area contributed by atoms with E-state index >= 15 is 0 Å². The Morgan fingerprint density at radius 1 is 1.20 bits per heavy atom. The third-order valence-electron chi connectivity index (χ3n) is 5.16. The molecule has 2 amide bonds. The summed E-state index contributed by atoms with van der Waals surface area (Å²) >= 11 is 0. The summed E-state index contributed by atoms with van der Waals surface area (Å²) in [5.74, 6) is -0.167. The number of nitrogens with one attached hydrogen (secondary N) is 1. The molecular formula is C19H22N4O2. The molecule has 2 aromatic rings. The van der Waals surface area contributed by atoms with Crippen molar-refractivity contribution >= 4 is 11.8 Å². The fourth-order valence-electron chi connectivity index (χ4n) is 3.64. The molecule has 1 aliphatic carbocycles. The number of hydrogen-bond acceptors (Lipinski definition) is 3. The van der Waals surface area contributed by atoms with Gasteiger partial charge in [0.05, 0.1) is 12.0 Å². The molecule has 2 fully saturated rings. The van der Waals surface area contributed by atoms with Gasteiger partial charge in [-0.3, -0.25) is 14.3 Å². The monoisotopic (exact) mass is 338 g/mol. The van der Waals surface area contributed by atoms with Crippen molar-refractivity contribution in [2.24, 2.45) is 5.92 Å². The van der Waals surface area contributed by atoms with E-state index in [0.29, 0.717) is 25.6 Å². The molecule has 0 bridgehead atoms. The molecule has 1 aromatic carbocycles. The van der Waals surface area contributed by atoms with Crippen molar-refractivity contribution in [1.82, 2.24) is 20.0 Å². The second-order valence-electron chi connectivity index (χ2n) is 6.98. The molecule has 1 atom stereocenters. The van der Waals surface area contributed by atoms with Crippen molar-refractivity contribution in [2.45, 2.75) is 37.9 Å². The third kappa shape index (κ3) is 3.43. The Morgan fingerprint density at radius 3 is 2.72 bits per heavy atom. The zero-order chi connectivity index (χ0) is 17.2. The maximum atomic E-state index is 12.5. The first-order chi connectivity index (χ1) is 12.2. The molecule has 1 N–H and O–H groups in total. The average Bonchev–Trinajstić information content (AvgIpc) is 3.22. The summed E-state index contributed by atoms with van der Waals surface area (Å²) in [6, 6.07) is 12.4. The molecule has 1 aliphatic heterocycles. The van der Waals surface area contributed by atoms with E-state index in [-0.39, 0.29) is 23.8 Å². The fraction of sp³-hybridized carbons (Fsp3) is 0.421. The van der Waals surface area contributed by atoms with E-state index in [1.165, 1.54) is 0 Å². The second kappa shape index (κ2) is 6.70. The number of nitrogens with zero attached hydrogens (tertiary/aromatic N) is 3. The molecule has 1 saturated heterocycles. The number of aromatic nitrogens is 2. The largest absolute Gasteiger partial charge is 0.353 e. The van der Waals surface area contributed by atoms with Gasteiger partial charge in [-0.25, -0.2) is 0 Å². The van der Waals surface area contributed by atoms with Crippen LogP contribution in [0.15, 0.2) is 48.8 Å². The van der Waals surface area contributed by atoms with E-state index in [9.17, 15) is 9.59 Å². The van der Waals surface area contributed by atoms with Crippen LogP contribution in [0.25, 0.3) is 0 Å². The summed E-state index contributed by atoms with van der Waals surface area (Å²) in [6.45, 7) is 1.09. The van der Waals surface area contributed by atoms with Crippen molar-refractivity contribution in [2.75, 3.05) is 6.54 Å². The lowest BCUT2D eigenvalue weighted by molar-refractivity contribution is -0.129. The minimum Gasteiger partial charge on any atom is -0.353 e. The van der Waals surface area contributed by atoms with Crippen LogP contribution in [0.5, 0.6) is 0 Å². The topological polar surface area (TPSA) is 67.2 Å². The lowest BCUT2D eigenvalue weighted by Gasteiger charge is -2.36. The smallest absolute Gasteiger partial charge is 0.225 e. The molecular weight excluding hydrogens is 316 g/mol. The van der Waals surface area contributed by atoms with Crippen LogP contribution in [0, 0.1) is 5.92 Å². The average molecular weight is 338 g/mol. The Bertz CT molecular complexity index is 738.